The van der Waals surface area contributed by atoms with Gasteiger partial charge in [0.15, 0.2) is 0 Å². The topological polar surface area (TPSA) is 9.23 Å². The predicted molar refractivity (Wildman–Crippen MR) is 81.1 cm³/mol. The molecule has 1 unspecified atom stereocenters. The van der Waals surface area contributed by atoms with Gasteiger partial charge in [0.25, 0.3) is 0 Å². The Hall–Kier alpha value is -1.73. The molecule has 0 spiro atoms. The lowest BCUT2D eigenvalue weighted by Crippen LogP contribution is -1.89. The van der Waals surface area contributed by atoms with Gasteiger partial charge in [0.1, 0.15) is 11.5 Å². The van der Waals surface area contributed by atoms with Crippen molar-refractivity contribution in [1.82, 2.24) is 0 Å². The zero-order valence-corrected chi connectivity index (χ0v) is 11.7. The zero-order valence-electron chi connectivity index (χ0n) is 11.0. The average molecular weight is 273 g/mol. The van der Waals surface area contributed by atoms with Crippen LogP contribution in [0.25, 0.3) is 0 Å². The van der Waals surface area contributed by atoms with Crippen LogP contribution in [-0.2, 0) is 5.88 Å². The first kappa shape index (κ1) is 13.7. The van der Waals surface area contributed by atoms with Gasteiger partial charge in [0.2, 0.25) is 0 Å². The quantitative estimate of drug-likeness (QED) is 0.515. The molecule has 0 aliphatic heterocycles. The summed E-state index contributed by atoms with van der Waals surface area (Å²) >= 11 is 5.75. The van der Waals surface area contributed by atoms with Crippen LogP contribution >= 0.6 is 11.6 Å². The number of alkyl halides is 1. The molecular formula is C17H17ClO. The lowest BCUT2D eigenvalue weighted by atomic mass is 10.0. The van der Waals surface area contributed by atoms with Gasteiger partial charge >= 0.3 is 0 Å². The highest BCUT2D eigenvalue weighted by atomic mass is 35.5. The van der Waals surface area contributed by atoms with E-state index in [1.165, 1.54) is 5.56 Å². The van der Waals surface area contributed by atoms with Crippen LogP contribution in [-0.4, -0.2) is 0 Å². The smallest absolute Gasteiger partial charge is 0.127 e. The summed E-state index contributed by atoms with van der Waals surface area (Å²) in [7, 11) is 0. The molecule has 19 heavy (non-hydrogen) atoms. The van der Waals surface area contributed by atoms with Crippen LogP contribution in [0.5, 0.6) is 11.5 Å². The van der Waals surface area contributed by atoms with Crippen LogP contribution in [0.15, 0.2) is 61.2 Å². The van der Waals surface area contributed by atoms with Gasteiger partial charge in [-0.25, -0.2) is 0 Å². The standard InChI is InChI=1S/C17H17ClO/c1-3-13(2)15-6-10-17(11-7-15)19-16-8-4-14(12-18)5-9-16/h3-11,13H,1,12H2,2H3. The molecule has 0 aliphatic rings. The molecule has 0 heterocycles. The van der Waals surface area contributed by atoms with Crippen molar-refractivity contribution in [1.29, 1.82) is 0 Å². The highest BCUT2D eigenvalue weighted by Crippen LogP contribution is 2.24. The van der Waals surface area contributed by atoms with E-state index in [9.17, 15) is 0 Å². The minimum absolute atomic E-state index is 0.358. The predicted octanol–water partition coefficient (Wildman–Crippen LogP) is 5.51. The molecule has 0 saturated carbocycles. The van der Waals surface area contributed by atoms with Gasteiger partial charge < -0.3 is 4.74 Å². The van der Waals surface area contributed by atoms with Crippen LogP contribution in [0.4, 0.5) is 0 Å². The molecular weight excluding hydrogens is 256 g/mol. The van der Waals surface area contributed by atoms with Crippen molar-refractivity contribution in [3.8, 4) is 11.5 Å². The minimum atomic E-state index is 0.358. The van der Waals surface area contributed by atoms with Gasteiger partial charge in [0.05, 0.1) is 0 Å². The second kappa shape index (κ2) is 6.44. The van der Waals surface area contributed by atoms with E-state index >= 15 is 0 Å². The van der Waals surface area contributed by atoms with Crippen molar-refractivity contribution in [2.45, 2.75) is 18.7 Å². The number of ether oxygens (including phenoxy) is 1. The van der Waals surface area contributed by atoms with Crippen molar-refractivity contribution in [3.63, 3.8) is 0 Å². The molecule has 0 radical (unpaired) electrons. The summed E-state index contributed by atoms with van der Waals surface area (Å²) < 4.78 is 5.78. The van der Waals surface area contributed by atoms with Gasteiger partial charge in [-0.2, -0.15) is 0 Å². The number of hydrogen-bond acceptors (Lipinski definition) is 1. The first-order chi connectivity index (χ1) is 9.22. The summed E-state index contributed by atoms with van der Waals surface area (Å²) in [5.41, 5.74) is 2.32. The average Bonchev–Trinajstić information content (AvgIpc) is 2.48. The summed E-state index contributed by atoms with van der Waals surface area (Å²) in [5, 5.41) is 0. The monoisotopic (exact) mass is 272 g/mol. The Morgan fingerprint density at radius 2 is 1.58 bits per heavy atom. The molecule has 98 valence electrons. The van der Waals surface area contributed by atoms with E-state index in [0.717, 1.165) is 17.1 Å². The lowest BCUT2D eigenvalue weighted by molar-refractivity contribution is 0.482. The van der Waals surface area contributed by atoms with Gasteiger partial charge in [-0.1, -0.05) is 37.3 Å². The largest absolute Gasteiger partial charge is 0.457 e. The van der Waals surface area contributed by atoms with E-state index < -0.39 is 0 Å². The summed E-state index contributed by atoms with van der Waals surface area (Å²) in [6, 6.07) is 15.9. The fourth-order valence-electron chi connectivity index (χ4n) is 1.76. The maximum absolute atomic E-state index is 5.78. The molecule has 0 saturated heterocycles. The molecule has 2 heteroatoms. The Balaban J connectivity index is 2.08. The number of rotatable bonds is 5. The van der Waals surface area contributed by atoms with E-state index in [4.69, 9.17) is 16.3 Å². The molecule has 1 nitrogen and oxygen atoms in total. The number of allylic oxidation sites excluding steroid dienone is 1. The van der Waals surface area contributed by atoms with Crippen LogP contribution < -0.4 is 4.74 Å². The molecule has 0 aromatic heterocycles. The summed E-state index contributed by atoms with van der Waals surface area (Å²) in [5.74, 6) is 2.53. The Labute approximate surface area is 119 Å². The fourth-order valence-corrected chi connectivity index (χ4v) is 1.94. The molecule has 1 atom stereocenters. The normalized spacial score (nSPS) is 11.9. The van der Waals surface area contributed by atoms with Crippen molar-refractivity contribution in [2.24, 2.45) is 0 Å². The van der Waals surface area contributed by atoms with E-state index in [1.54, 1.807) is 0 Å². The van der Waals surface area contributed by atoms with E-state index in [2.05, 4.69) is 25.6 Å². The van der Waals surface area contributed by atoms with Gasteiger partial charge in [0, 0.05) is 5.88 Å². The first-order valence-electron chi connectivity index (χ1n) is 6.28. The third-order valence-corrected chi connectivity index (χ3v) is 3.38. The second-order valence-electron chi connectivity index (χ2n) is 4.47. The highest BCUT2D eigenvalue weighted by molar-refractivity contribution is 6.17. The second-order valence-corrected chi connectivity index (χ2v) is 4.74. The molecule has 2 aromatic carbocycles. The van der Waals surface area contributed by atoms with Crippen molar-refractivity contribution in [2.75, 3.05) is 0 Å². The Bertz CT molecular complexity index is 528. The van der Waals surface area contributed by atoms with Crippen LogP contribution in [0, 0.1) is 0 Å². The maximum Gasteiger partial charge on any atom is 0.127 e. The number of halogens is 1. The molecule has 0 bridgehead atoms. The van der Waals surface area contributed by atoms with E-state index in [1.807, 2.05) is 42.5 Å². The molecule has 2 aromatic rings. The SMILES string of the molecule is C=CC(C)c1ccc(Oc2ccc(CCl)cc2)cc1. The third-order valence-electron chi connectivity index (χ3n) is 3.07. The minimum Gasteiger partial charge on any atom is -0.457 e. The van der Waals surface area contributed by atoms with Crippen LogP contribution in [0.3, 0.4) is 0 Å². The molecule has 0 amide bonds. The van der Waals surface area contributed by atoms with Crippen molar-refractivity contribution in [3.05, 3.63) is 72.3 Å². The first-order valence-corrected chi connectivity index (χ1v) is 6.81. The molecule has 0 aliphatic carbocycles. The Kier molecular flexibility index (Phi) is 4.64. The summed E-state index contributed by atoms with van der Waals surface area (Å²) in [6.45, 7) is 5.92. The van der Waals surface area contributed by atoms with Crippen LogP contribution in [0.2, 0.25) is 0 Å². The van der Waals surface area contributed by atoms with Gasteiger partial charge in [-0.15, -0.1) is 18.2 Å². The van der Waals surface area contributed by atoms with Crippen LogP contribution in [0.1, 0.15) is 24.0 Å². The van der Waals surface area contributed by atoms with Gasteiger partial charge in [-0.05, 0) is 41.3 Å². The lowest BCUT2D eigenvalue weighted by Gasteiger charge is -2.09. The number of hydrogen-bond donors (Lipinski definition) is 0. The Morgan fingerprint density at radius 1 is 1.05 bits per heavy atom. The van der Waals surface area contributed by atoms with E-state index in [-0.39, 0.29) is 0 Å². The molecule has 0 N–H and O–H groups in total. The summed E-state index contributed by atoms with van der Waals surface area (Å²) in [4.78, 5) is 0. The fraction of sp³-hybridized carbons (Fsp3) is 0.176. The molecule has 0 fully saturated rings. The van der Waals surface area contributed by atoms with E-state index in [0.29, 0.717) is 11.8 Å². The van der Waals surface area contributed by atoms with Crippen molar-refractivity contribution < 1.29 is 4.74 Å². The molecule has 2 rings (SSSR count). The Morgan fingerprint density at radius 3 is 2.05 bits per heavy atom. The number of benzene rings is 2. The maximum atomic E-state index is 5.78. The summed E-state index contributed by atoms with van der Waals surface area (Å²) in [6.07, 6.45) is 1.93. The van der Waals surface area contributed by atoms with Gasteiger partial charge in [-0.3, -0.25) is 0 Å². The third kappa shape index (κ3) is 3.62. The zero-order chi connectivity index (χ0) is 13.7. The van der Waals surface area contributed by atoms with Crippen molar-refractivity contribution >= 4 is 11.6 Å². The highest BCUT2D eigenvalue weighted by Gasteiger charge is 2.02.